The standard InChI is InChI=1S/C21H20N4O2/c1-14-6-3-4-7-16(14)13-21(27)23-20-11-10-19(24-25-20)22-18-9-5-8-17(12-18)15(2)26/h3-12H,13H2,1-2H3,(H,22,24)(H,23,25,27). The minimum atomic E-state index is -0.145. The molecule has 136 valence electrons. The van der Waals surface area contributed by atoms with E-state index in [4.69, 9.17) is 0 Å². The maximum atomic E-state index is 12.2. The van der Waals surface area contributed by atoms with Crippen LogP contribution < -0.4 is 10.6 Å². The van der Waals surface area contributed by atoms with E-state index in [9.17, 15) is 9.59 Å². The van der Waals surface area contributed by atoms with Gasteiger partial charge in [0, 0.05) is 11.3 Å². The highest BCUT2D eigenvalue weighted by molar-refractivity contribution is 5.95. The van der Waals surface area contributed by atoms with E-state index in [1.54, 1.807) is 30.3 Å². The molecule has 0 aliphatic rings. The number of ketones is 1. The highest BCUT2D eigenvalue weighted by Gasteiger charge is 2.08. The summed E-state index contributed by atoms with van der Waals surface area (Å²) in [4.78, 5) is 23.6. The number of rotatable bonds is 6. The molecule has 3 rings (SSSR count). The van der Waals surface area contributed by atoms with E-state index in [0.29, 0.717) is 17.2 Å². The monoisotopic (exact) mass is 360 g/mol. The summed E-state index contributed by atoms with van der Waals surface area (Å²) in [7, 11) is 0. The second-order valence-electron chi connectivity index (χ2n) is 6.22. The van der Waals surface area contributed by atoms with Gasteiger partial charge in [-0.3, -0.25) is 9.59 Å². The predicted molar refractivity (Wildman–Crippen MR) is 105 cm³/mol. The van der Waals surface area contributed by atoms with Gasteiger partial charge < -0.3 is 10.6 Å². The molecular weight excluding hydrogens is 340 g/mol. The Kier molecular flexibility index (Phi) is 5.56. The molecule has 2 N–H and O–H groups in total. The molecule has 3 aromatic rings. The van der Waals surface area contributed by atoms with Crippen LogP contribution in [-0.4, -0.2) is 21.9 Å². The van der Waals surface area contributed by atoms with Gasteiger partial charge in [0.2, 0.25) is 5.91 Å². The number of carbonyl (C=O) groups excluding carboxylic acids is 2. The highest BCUT2D eigenvalue weighted by atomic mass is 16.1. The Morgan fingerprint density at radius 2 is 1.67 bits per heavy atom. The molecule has 6 heteroatoms. The zero-order valence-corrected chi connectivity index (χ0v) is 15.2. The number of Topliss-reactive ketones (excluding diaryl/α,β-unsaturated/α-hetero) is 1. The lowest BCUT2D eigenvalue weighted by Gasteiger charge is -2.08. The van der Waals surface area contributed by atoms with Crippen LogP contribution in [0.2, 0.25) is 0 Å². The van der Waals surface area contributed by atoms with Crippen LogP contribution in [0.4, 0.5) is 17.3 Å². The van der Waals surface area contributed by atoms with Crippen LogP contribution in [0.5, 0.6) is 0 Å². The quantitative estimate of drug-likeness (QED) is 0.651. The fraction of sp³-hybridized carbons (Fsp3) is 0.143. The van der Waals surface area contributed by atoms with Crippen molar-refractivity contribution in [3.8, 4) is 0 Å². The van der Waals surface area contributed by atoms with Crippen LogP contribution in [0.15, 0.2) is 60.7 Å². The first-order valence-corrected chi connectivity index (χ1v) is 8.57. The summed E-state index contributed by atoms with van der Waals surface area (Å²) in [6.07, 6.45) is 0.284. The molecule has 6 nitrogen and oxygen atoms in total. The molecule has 0 spiro atoms. The summed E-state index contributed by atoms with van der Waals surface area (Å²) in [6, 6.07) is 18.3. The van der Waals surface area contributed by atoms with Crippen molar-refractivity contribution in [1.82, 2.24) is 10.2 Å². The molecule has 0 fully saturated rings. The first-order chi connectivity index (χ1) is 13.0. The fourth-order valence-corrected chi connectivity index (χ4v) is 2.60. The van der Waals surface area contributed by atoms with Crippen molar-refractivity contribution in [3.05, 3.63) is 77.4 Å². The van der Waals surface area contributed by atoms with Gasteiger partial charge in [-0.15, -0.1) is 10.2 Å². The molecule has 0 aliphatic carbocycles. The van der Waals surface area contributed by atoms with E-state index in [1.165, 1.54) is 6.92 Å². The molecule has 0 unspecified atom stereocenters. The Balaban J connectivity index is 1.62. The van der Waals surface area contributed by atoms with Gasteiger partial charge in [0.25, 0.3) is 0 Å². The Bertz CT molecular complexity index is 968. The van der Waals surface area contributed by atoms with Crippen molar-refractivity contribution >= 4 is 29.0 Å². The first-order valence-electron chi connectivity index (χ1n) is 8.57. The van der Waals surface area contributed by atoms with Crippen LogP contribution >= 0.6 is 0 Å². The first kappa shape index (κ1) is 18.3. The van der Waals surface area contributed by atoms with Gasteiger partial charge in [-0.05, 0) is 49.2 Å². The zero-order chi connectivity index (χ0) is 19.2. The average molecular weight is 360 g/mol. The van der Waals surface area contributed by atoms with Gasteiger partial charge >= 0.3 is 0 Å². The molecule has 1 heterocycles. The van der Waals surface area contributed by atoms with Crippen molar-refractivity contribution in [2.75, 3.05) is 10.6 Å². The third-order valence-corrected chi connectivity index (χ3v) is 4.09. The minimum Gasteiger partial charge on any atom is -0.339 e. The average Bonchev–Trinajstić information content (AvgIpc) is 2.65. The van der Waals surface area contributed by atoms with Crippen LogP contribution in [0, 0.1) is 6.92 Å². The lowest BCUT2D eigenvalue weighted by atomic mass is 10.1. The number of carbonyl (C=O) groups is 2. The number of nitrogens with zero attached hydrogens (tertiary/aromatic N) is 2. The summed E-state index contributed by atoms with van der Waals surface area (Å²) < 4.78 is 0. The van der Waals surface area contributed by atoms with Crippen LogP contribution in [0.25, 0.3) is 0 Å². The summed E-state index contributed by atoms with van der Waals surface area (Å²) >= 11 is 0. The Morgan fingerprint density at radius 3 is 2.37 bits per heavy atom. The summed E-state index contributed by atoms with van der Waals surface area (Å²) in [6.45, 7) is 3.50. The molecule has 1 aromatic heterocycles. The summed E-state index contributed by atoms with van der Waals surface area (Å²) in [5.41, 5.74) is 3.42. The van der Waals surface area contributed by atoms with Gasteiger partial charge in [-0.2, -0.15) is 0 Å². The summed E-state index contributed by atoms with van der Waals surface area (Å²) in [5, 5.41) is 13.9. The zero-order valence-electron chi connectivity index (χ0n) is 15.2. The van der Waals surface area contributed by atoms with E-state index < -0.39 is 0 Å². The molecule has 0 saturated carbocycles. The predicted octanol–water partition coefficient (Wildman–Crippen LogP) is 3.91. The van der Waals surface area contributed by atoms with Crippen molar-refractivity contribution in [3.63, 3.8) is 0 Å². The third kappa shape index (κ3) is 4.98. The van der Waals surface area contributed by atoms with E-state index in [0.717, 1.165) is 16.8 Å². The topological polar surface area (TPSA) is 84.0 Å². The minimum absolute atomic E-state index is 0.00329. The number of nitrogens with one attached hydrogen (secondary N) is 2. The van der Waals surface area contributed by atoms with Crippen LogP contribution in [0.1, 0.15) is 28.4 Å². The smallest absolute Gasteiger partial charge is 0.230 e. The molecule has 27 heavy (non-hydrogen) atoms. The number of aromatic nitrogens is 2. The number of hydrogen-bond acceptors (Lipinski definition) is 5. The van der Waals surface area contributed by atoms with Gasteiger partial charge in [-0.25, -0.2) is 0 Å². The van der Waals surface area contributed by atoms with Gasteiger partial charge in [-0.1, -0.05) is 36.4 Å². The maximum absolute atomic E-state index is 12.2. The Labute approximate surface area is 157 Å². The van der Waals surface area contributed by atoms with E-state index in [1.807, 2.05) is 37.3 Å². The third-order valence-electron chi connectivity index (χ3n) is 4.09. The number of amides is 1. The lowest BCUT2D eigenvalue weighted by molar-refractivity contribution is -0.115. The number of benzene rings is 2. The largest absolute Gasteiger partial charge is 0.339 e. The van der Waals surface area contributed by atoms with Crippen molar-refractivity contribution in [1.29, 1.82) is 0 Å². The van der Waals surface area contributed by atoms with E-state index in [-0.39, 0.29) is 18.1 Å². The molecule has 0 aliphatic heterocycles. The van der Waals surface area contributed by atoms with Gasteiger partial charge in [0.15, 0.2) is 17.4 Å². The number of hydrogen-bond donors (Lipinski definition) is 2. The molecular formula is C21H20N4O2. The maximum Gasteiger partial charge on any atom is 0.230 e. The SMILES string of the molecule is CC(=O)c1cccc(Nc2ccc(NC(=O)Cc3ccccc3C)nn2)c1. The molecule has 1 amide bonds. The summed E-state index contributed by atoms with van der Waals surface area (Å²) in [5.74, 6) is 0.758. The van der Waals surface area contributed by atoms with Crippen LogP contribution in [0.3, 0.4) is 0 Å². The second kappa shape index (κ2) is 8.23. The lowest BCUT2D eigenvalue weighted by Crippen LogP contribution is -2.16. The number of anilines is 3. The van der Waals surface area contributed by atoms with Gasteiger partial charge in [0.05, 0.1) is 6.42 Å². The number of aryl methyl sites for hydroxylation is 1. The molecule has 0 atom stereocenters. The Hall–Kier alpha value is -3.54. The molecule has 0 saturated heterocycles. The van der Waals surface area contributed by atoms with Crippen molar-refractivity contribution in [2.24, 2.45) is 0 Å². The van der Waals surface area contributed by atoms with Crippen molar-refractivity contribution < 1.29 is 9.59 Å². The molecule has 0 bridgehead atoms. The normalized spacial score (nSPS) is 10.3. The van der Waals surface area contributed by atoms with Crippen molar-refractivity contribution in [2.45, 2.75) is 20.3 Å². The van der Waals surface area contributed by atoms with Crippen LogP contribution in [-0.2, 0) is 11.2 Å². The van der Waals surface area contributed by atoms with Gasteiger partial charge in [0.1, 0.15) is 0 Å². The van der Waals surface area contributed by atoms with E-state index >= 15 is 0 Å². The fourth-order valence-electron chi connectivity index (χ4n) is 2.60. The second-order valence-corrected chi connectivity index (χ2v) is 6.22. The molecule has 2 aromatic carbocycles. The van der Waals surface area contributed by atoms with E-state index in [2.05, 4.69) is 20.8 Å². The highest BCUT2D eigenvalue weighted by Crippen LogP contribution is 2.17. The Morgan fingerprint density at radius 1 is 0.926 bits per heavy atom. The molecule has 0 radical (unpaired) electrons.